The van der Waals surface area contributed by atoms with Gasteiger partial charge in [0.2, 0.25) is 5.91 Å². The van der Waals surface area contributed by atoms with Gasteiger partial charge in [0.25, 0.3) is 0 Å². The molecule has 2 N–H and O–H groups in total. The number of aryl methyl sites for hydroxylation is 1. The number of carbonyl (C=O) groups is 1. The fourth-order valence-corrected chi connectivity index (χ4v) is 1.39. The molecule has 3 nitrogen and oxygen atoms in total. The van der Waals surface area contributed by atoms with Crippen LogP contribution >= 0.6 is 0 Å². The minimum atomic E-state index is 0. The Morgan fingerprint density at radius 3 is 2.06 bits per heavy atom. The molecule has 0 saturated heterocycles. The summed E-state index contributed by atoms with van der Waals surface area (Å²) in [7, 11) is 1.65. The molecule has 0 aliphatic heterocycles. The lowest BCUT2D eigenvalue weighted by molar-refractivity contribution is -0.120. The lowest BCUT2D eigenvalue weighted by atomic mass is 10.1. The van der Waals surface area contributed by atoms with E-state index in [1.165, 1.54) is 5.56 Å². The van der Waals surface area contributed by atoms with E-state index in [2.05, 4.69) is 5.32 Å². The minimum absolute atomic E-state index is 0. The molecule has 0 aliphatic carbocycles. The van der Waals surface area contributed by atoms with Crippen molar-refractivity contribution >= 4 is 5.91 Å². The molecule has 0 unspecified atom stereocenters. The topological polar surface area (TPSA) is 49.3 Å². The van der Waals surface area contributed by atoms with Gasteiger partial charge in [-0.15, -0.1) is 0 Å². The molecule has 1 aromatic carbocycles. The van der Waals surface area contributed by atoms with Crippen LogP contribution < -0.4 is 5.32 Å². The maximum Gasteiger partial charge on any atom is 0.219 e. The van der Waals surface area contributed by atoms with E-state index < -0.39 is 0 Å². The molecule has 0 bridgehead atoms. The average Bonchev–Trinajstić information content (AvgIpc) is 2.29. The quantitative estimate of drug-likeness (QED) is 0.849. The van der Waals surface area contributed by atoms with Crippen molar-refractivity contribution in [2.45, 2.75) is 48.1 Å². The van der Waals surface area contributed by atoms with Gasteiger partial charge >= 0.3 is 0 Å². The highest BCUT2D eigenvalue weighted by Gasteiger charge is 1.98. The van der Waals surface area contributed by atoms with Gasteiger partial charge in [-0.05, 0) is 24.0 Å². The number of benzene rings is 1. The summed E-state index contributed by atoms with van der Waals surface area (Å²) in [5.74, 6) is 0.0852. The van der Waals surface area contributed by atoms with Crippen LogP contribution in [0.4, 0.5) is 0 Å². The van der Waals surface area contributed by atoms with Crippen molar-refractivity contribution in [2.24, 2.45) is 0 Å². The average molecular weight is 255 g/mol. The largest absolute Gasteiger partial charge is 0.392 e. The van der Waals surface area contributed by atoms with E-state index >= 15 is 0 Å². The van der Waals surface area contributed by atoms with E-state index in [-0.39, 0.29) is 34.8 Å². The Morgan fingerprint density at radius 1 is 1.11 bits per heavy atom. The maximum absolute atomic E-state index is 11.0. The Hall–Kier alpha value is -1.35. The summed E-state index contributed by atoms with van der Waals surface area (Å²) in [6, 6.07) is 7.81. The molecule has 0 fully saturated rings. The molecule has 18 heavy (non-hydrogen) atoms. The van der Waals surface area contributed by atoms with E-state index in [0.717, 1.165) is 18.4 Å². The first kappa shape index (κ1) is 21.9. The first-order chi connectivity index (χ1) is 7.26. The number of hydrogen-bond acceptors (Lipinski definition) is 2. The number of hydrogen-bond donors (Lipinski definition) is 2. The van der Waals surface area contributed by atoms with E-state index in [4.69, 9.17) is 5.11 Å². The third-order valence-electron chi connectivity index (χ3n) is 2.35. The second-order valence-electron chi connectivity index (χ2n) is 3.50. The third-order valence-corrected chi connectivity index (χ3v) is 2.35. The molecule has 0 saturated carbocycles. The van der Waals surface area contributed by atoms with E-state index in [1.54, 1.807) is 7.05 Å². The summed E-state index contributed by atoms with van der Waals surface area (Å²) in [5.41, 5.74) is 2.13. The smallest absolute Gasteiger partial charge is 0.219 e. The van der Waals surface area contributed by atoms with Crippen LogP contribution in [0.1, 0.15) is 46.2 Å². The van der Waals surface area contributed by atoms with Crippen molar-refractivity contribution in [3.8, 4) is 0 Å². The van der Waals surface area contributed by atoms with Gasteiger partial charge in [-0.1, -0.05) is 46.5 Å². The van der Waals surface area contributed by atoms with Crippen molar-refractivity contribution in [3.05, 3.63) is 35.4 Å². The van der Waals surface area contributed by atoms with E-state index in [1.807, 2.05) is 24.3 Å². The van der Waals surface area contributed by atoms with Gasteiger partial charge in [-0.25, -0.2) is 0 Å². The van der Waals surface area contributed by atoms with Crippen molar-refractivity contribution in [1.29, 1.82) is 0 Å². The van der Waals surface area contributed by atoms with Crippen molar-refractivity contribution in [2.75, 3.05) is 7.05 Å². The fourth-order valence-electron chi connectivity index (χ4n) is 1.39. The minimum Gasteiger partial charge on any atom is -0.392 e. The number of aliphatic hydroxyl groups excluding tert-OH is 1. The molecular weight excluding hydrogens is 226 g/mol. The molecule has 1 aromatic rings. The zero-order valence-electron chi connectivity index (χ0n) is 8.99. The monoisotopic (exact) mass is 255 g/mol. The normalized spacial score (nSPS) is 8.33. The van der Waals surface area contributed by atoms with Crippen LogP contribution in [0.25, 0.3) is 0 Å². The predicted molar refractivity (Wildman–Crippen MR) is 79.6 cm³/mol. The summed E-state index contributed by atoms with van der Waals surface area (Å²) in [6.07, 6.45) is 2.33. The molecule has 0 heterocycles. The van der Waals surface area contributed by atoms with E-state index in [9.17, 15) is 4.79 Å². The summed E-state index contributed by atoms with van der Waals surface area (Å²) in [5, 5.41) is 11.5. The highest BCUT2D eigenvalue weighted by atomic mass is 16.3. The molecule has 1 rings (SSSR count). The van der Waals surface area contributed by atoms with Crippen LogP contribution in [0, 0.1) is 0 Å². The summed E-state index contributed by atoms with van der Waals surface area (Å²) in [4.78, 5) is 11.0. The number of aliphatic hydroxyl groups is 1. The van der Waals surface area contributed by atoms with Gasteiger partial charge in [0.05, 0.1) is 6.61 Å². The van der Waals surface area contributed by atoms with Gasteiger partial charge in [-0.2, -0.15) is 0 Å². The molecule has 0 atom stereocenters. The van der Waals surface area contributed by atoms with Crippen LogP contribution in [-0.2, 0) is 17.8 Å². The summed E-state index contributed by atoms with van der Waals surface area (Å²) in [6.45, 7) is 0.0819. The van der Waals surface area contributed by atoms with Gasteiger partial charge in [0, 0.05) is 13.5 Å². The number of nitrogens with one attached hydrogen (secondary N) is 1. The molecule has 1 amide bonds. The SMILES string of the molecule is C.C.C.CNC(=O)CCCc1ccc(CO)cc1. The second-order valence-corrected chi connectivity index (χ2v) is 3.50. The lowest BCUT2D eigenvalue weighted by Gasteiger charge is -2.02. The number of amides is 1. The Balaban J connectivity index is -0.000000750. The van der Waals surface area contributed by atoms with Crippen molar-refractivity contribution < 1.29 is 9.90 Å². The Morgan fingerprint density at radius 2 is 1.61 bits per heavy atom. The Kier molecular flexibility index (Phi) is 14.7. The zero-order chi connectivity index (χ0) is 11.1. The number of rotatable bonds is 5. The summed E-state index contributed by atoms with van der Waals surface area (Å²) < 4.78 is 0. The molecule has 0 radical (unpaired) electrons. The van der Waals surface area contributed by atoms with Gasteiger partial charge in [0.15, 0.2) is 0 Å². The molecule has 0 aromatic heterocycles. The van der Waals surface area contributed by atoms with Crippen LogP contribution in [0.15, 0.2) is 24.3 Å². The highest BCUT2D eigenvalue weighted by molar-refractivity contribution is 5.75. The van der Waals surface area contributed by atoms with Gasteiger partial charge < -0.3 is 10.4 Å². The van der Waals surface area contributed by atoms with Gasteiger partial charge in [-0.3, -0.25) is 4.79 Å². The maximum atomic E-state index is 11.0. The molecule has 106 valence electrons. The fraction of sp³-hybridized carbons (Fsp3) is 0.533. The van der Waals surface area contributed by atoms with Crippen LogP contribution in [0.2, 0.25) is 0 Å². The third kappa shape index (κ3) is 7.85. The molecule has 0 spiro atoms. The van der Waals surface area contributed by atoms with Crippen molar-refractivity contribution in [1.82, 2.24) is 5.32 Å². The predicted octanol–water partition coefficient (Wildman–Crippen LogP) is 3.16. The van der Waals surface area contributed by atoms with Gasteiger partial charge in [0.1, 0.15) is 0 Å². The first-order valence-corrected chi connectivity index (χ1v) is 5.15. The zero-order valence-corrected chi connectivity index (χ0v) is 8.99. The Labute approximate surface area is 112 Å². The molecule has 3 heteroatoms. The standard InChI is InChI=1S/C12H17NO2.3CH4/c1-13-12(15)4-2-3-10-5-7-11(9-14)8-6-10;;;/h5-8,14H,2-4,9H2,1H3,(H,13,15);3*1H4. The van der Waals surface area contributed by atoms with Crippen LogP contribution in [0.3, 0.4) is 0 Å². The molecular formula is C15H29NO2. The Bertz CT molecular complexity index is 307. The van der Waals surface area contributed by atoms with Crippen LogP contribution in [0.5, 0.6) is 0 Å². The highest BCUT2D eigenvalue weighted by Crippen LogP contribution is 2.07. The number of carbonyl (C=O) groups excluding carboxylic acids is 1. The summed E-state index contributed by atoms with van der Waals surface area (Å²) >= 11 is 0. The van der Waals surface area contributed by atoms with Crippen molar-refractivity contribution in [3.63, 3.8) is 0 Å². The van der Waals surface area contributed by atoms with E-state index in [0.29, 0.717) is 6.42 Å². The second kappa shape index (κ2) is 12.1. The first-order valence-electron chi connectivity index (χ1n) is 5.15. The lowest BCUT2D eigenvalue weighted by Crippen LogP contribution is -2.17. The molecule has 0 aliphatic rings. The van der Waals surface area contributed by atoms with Crippen LogP contribution in [-0.4, -0.2) is 18.1 Å².